The third-order valence-electron chi connectivity index (χ3n) is 3.16. The molecule has 0 saturated heterocycles. The van der Waals surface area contributed by atoms with Crippen LogP contribution in [0.15, 0.2) is 46.9 Å². The van der Waals surface area contributed by atoms with Gasteiger partial charge in [-0.3, -0.25) is 4.57 Å². The van der Waals surface area contributed by atoms with Gasteiger partial charge in [-0.05, 0) is 37.3 Å². The molecule has 0 aliphatic carbocycles. The number of imidazole rings is 1. The molecule has 0 spiro atoms. The van der Waals surface area contributed by atoms with Gasteiger partial charge in [-0.2, -0.15) is 13.2 Å². The number of nitrogens with zero attached hydrogens (tertiary/aromatic N) is 2. The molecule has 0 saturated carbocycles. The van der Waals surface area contributed by atoms with Crippen molar-refractivity contribution in [3.63, 3.8) is 0 Å². The molecule has 1 heterocycles. The van der Waals surface area contributed by atoms with E-state index >= 15 is 0 Å². The summed E-state index contributed by atoms with van der Waals surface area (Å²) in [5.41, 5.74) is 2.15. The normalized spacial score (nSPS) is 12.0. The smallest absolute Gasteiger partial charge is 0.289 e. The van der Waals surface area contributed by atoms with Crippen LogP contribution in [0, 0.1) is 6.92 Å². The summed E-state index contributed by atoms with van der Waals surface area (Å²) in [6.45, 7) is 1.89. The van der Waals surface area contributed by atoms with E-state index in [4.69, 9.17) is 0 Å². The number of benzene rings is 2. The first-order chi connectivity index (χ1) is 9.86. The van der Waals surface area contributed by atoms with Crippen LogP contribution >= 0.6 is 15.9 Å². The number of halogens is 4. The lowest BCUT2D eigenvalue weighted by molar-refractivity contribution is -0.145. The Balaban J connectivity index is 2.36. The summed E-state index contributed by atoms with van der Waals surface area (Å²) in [6, 6.07) is 11.8. The molecular formula is C15H10BrF3N2. The third kappa shape index (κ3) is 2.55. The maximum absolute atomic E-state index is 13.3. The zero-order chi connectivity index (χ0) is 15.2. The van der Waals surface area contributed by atoms with Gasteiger partial charge in [-0.1, -0.05) is 33.6 Å². The molecular weight excluding hydrogens is 345 g/mol. The highest BCUT2D eigenvalue weighted by atomic mass is 79.9. The average Bonchev–Trinajstić information content (AvgIpc) is 2.78. The van der Waals surface area contributed by atoms with E-state index in [0.717, 1.165) is 10.1 Å². The van der Waals surface area contributed by atoms with Crippen molar-refractivity contribution in [2.75, 3.05) is 0 Å². The van der Waals surface area contributed by atoms with E-state index in [1.165, 1.54) is 0 Å². The lowest BCUT2D eigenvalue weighted by Gasteiger charge is -2.11. The molecule has 3 rings (SSSR count). The van der Waals surface area contributed by atoms with E-state index in [1.54, 1.807) is 42.5 Å². The molecule has 21 heavy (non-hydrogen) atoms. The zero-order valence-electron chi connectivity index (χ0n) is 10.9. The Morgan fingerprint density at radius 2 is 1.71 bits per heavy atom. The Morgan fingerprint density at radius 1 is 1.05 bits per heavy atom. The summed E-state index contributed by atoms with van der Waals surface area (Å²) in [4.78, 5) is 3.74. The lowest BCUT2D eigenvalue weighted by Crippen LogP contribution is -2.13. The molecule has 0 aliphatic heterocycles. The highest BCUT2D eigenvalue weighted by molar-refractivity contribution is 9.10. The van der Waals surface area contributed by atoms with Crippen molar-refractivity contribution in [2.24, 2.45) is 0 Å². The van der Waals surface area contributed by atoms with Crippen LogP contribution in [0.3, 0.4) is 0 Å². The van der Waals surface area contributed by atoms with Gasteiger partial charge in [0.1, 0.15) is 0 Å². The van der Waals surface area contributed by atoms with E-state index in [2.05, 4.69) is 20.9 Å². The fraction of sp³-hybridized carbons (Fsp3) is 0.133. The topological polar surface area (TPSA) is 17.8 Å². The minimum absolute atomic E-state index is 0.311. The van der Waals surface area contributed by atoms with E-state index in [9.17, 15) is 13.2 Å². The lowest BCUT2D eigenvalue weighted by atomic mass is 10.2. The van der Waals surface area contributed by atoms with Crippen molar-refractivity contribution in [2.45, 2.75) is 13.1 Å². The van der Waals surface area contributed by atoms with Gasteiger partial charge in [0.05, 0.1) is 11.0 Å². The molecule has 0 radical (unpaired) electrons. The van der Waals surface area contributed by atoms with Gasteiger partial charge in [-0.15, -0.1) is 0 Å². The first kappa shape index (κ1) is 14.1. The van der Waals surface area contributed by atoms with Crippen molar-refractivity contribution < 1.29 is 13.2 Å². The van der Waals surface area contributed by atoms with E-state index in [1.807, 2.05) is 6.92 Å². The molecule has 0 bridgehead atoms. The van der Waals surface area contributed by atoms with Gasteiger partial charge >= 0.3 is 6.18 Å². The molecule has 0 atom stereocenters. The minimum atomic E-state index is -4.52. The van der Waals surface area contributed by atoms with Gasteiger partial charge in [0, 0.05) is 10.2 Å². The predicted molar refractivity (Wildman–Crippen MR) is 78.5 cm³/mol. The van der Waals surface area contributed by atoms with Gasteiger partial charge < -0.3 is 0 Å². The summed E-state index contributed by atoms with van der Waals surface area (Å²) in [7, 11) is 0. The average molecular weight is 355 g/mol. The number of alkyl halides is 3. The Hall–Kier alpha value is -1.82. The summed E-state index contributed by atoms with van der Waals surface area (Å²) >= 11 is 3.29. The maximum atomic E-state index is 13.3. The van der Waals surface area contributed by atoms with Crippen LogP contribution in [0.1, 0.15) is 11.4 Å². The van der Waals surface area contributed by atoms with E-state index in [0.29, 0.717) is 21.2 Å². The van der Waals surface area contributed by atoms with Crippen LogP contribution in [0.2, 0.25) is 0 Å². The highest BCUT2D eigenvalue weighted by Gasteiger charge is 2.38. The summed E-state index contributed by atoms with van der Waals surface area (Å²) in [6.07, 6.45) is -4.52. The second-order valence-electron chi connectivity index (χ2n) is 4.74. The third-order valence-corrected chi connectivity index (χ3v) is 3.66. The van der Waals surface area contributed by atoms with E-state index in [-0.39, 0.29) is 0 Å². The monoisotopic (exact) mass is 354 g/mol. The maximum Gasteiger partial charge on any atom is 0.450 e. The van der Waals surface area contributed by atoms with Gasteiger partial charge in [0.25, 0.3) is 0 Å². The number of rotatable bonds is 1. The van der Waals surface area contributed by atoms with Crippen LogP contribution in [0.5, 0.6) is 0 Å². The minimum Gasteiger partial charge on any atom is -0.289 e. The van der Waals surface area contributed by atoms with Gasteiger partial charge in [-0.25, -0.2) is 4.98 Å². The standard InChI is InChI=1S/C15H10BrF3N2/c1-9-2-5-11(6-3-9)21-13-8-10(16)4-7-12(13)20-14(21)15(17,18)19/h2-8H,1H3. The molecule has 2 nitrogen and oxygen atoms in total. The molecule has 0 unspecified atom stereocenters. The van der Waals surface area contributed by atoms with E-state index < -0.39 is 12.0 Å². The quantitative estimate of drug-likeness (QED) is 0.593. The Bertz CT molecular complexity index is 804. The molecule has 6 heteroatoms. The number of hydrogen-bond acceptors (Lipinski definition) is 1. The van der Waals surface area contributed by atoms with Crippen LogP contribution in [-0.2, 0) is 6.18 Å². The van der Waals surface area contributed by atoms with Crippen LogP contribution in [0.4, 0.5) is 13.2 Å². The fourth-order valence-corrected chi connectivity index (χ4v) is 2.54. The highest BCUT2D eigenvalue weighted by Crippen LogP contribution is 2.34. The molecule has 3 aromatic rings. The Labute approximate surface area is 127 Å². The predicted octanol–water partition coefficient (Wildman–Crippen LogP) is 5.12. The van der Waals surface area contributed by atoms with Crippen LogP contribution in [-0.4, -0.2) is 9.55 Å². The number of aryl methyl sites for hydroxylation is 1. The van der Waals surface area contributed by atoms with Crippen molar-refractivity contribution in [1.29, 1.82) is 0 Å². The molecule has 0 N–H and O–H groups in total. The molecule has 1 aromatic heterocycles. The molecule has 0 fully saturated rings. The van der Waals surface area contributed by atoms with Crippen LogP contribution in [0.25, 0.3) is 16.7 Å². The number of hydrogen-bond donors (Lipinski definition) is 0. The van der Waals surface area contributed by atoms with Crippen molar-refractivity contribution >= 4 is 27.0 Å². The zero-order valence-corrected chi connectivity index (χ0v) is 12.5. The Kier molecular flexibility index (Phi) is 3.28. The molecule has 0 aliphatic rings. The van der Waals surface area contributed by atoms with Crippen molar-refractivity contribution in [3.8, 4) is 5.69 Å². The second-order valence-corrected chi connectivity index (χ2v) is 5.65. The van der Waals surface area contributed by atoms with Crippen molar-refractivity contribution in [3.05, 3.63) is 58.3 Å². The van der Waals surface area contributed by atoms with Gasteiger partial charge in [0.2, 0.25) is 5.82 Å². The number of aromatic nitrogens is 2. The largest absolute Gasteiger partial charge is 0.450 e. The first-order valence-electron chi connectivity index (χ1n) is 6.18. The van der Waals surface area contributed by atoms with Crippen LogP contribution < -0.4 is 0 Å². The SMILES string of the molecule is Cc1ccc(-n2c(C(F)(F)F)nc3ccc(Br)cc32)cc1. The fourth-order valence-electron chi connectivity index (χ4n) is 2.19. The first-order valence-corrected chi connectivity index (χ1v) is 6.98. The molecule has 0 amide bonds. The summed E-state index contributed by atoms with van der Waals surface area (Å²) < 4.78 is 41.6. The Morgan fingerprint density at radius 3 is 2.33 bits per heavy atom. The molecule has 108 valence electrons. The second kappa shape index (κ2) is 4.87. The summed E-state index contributed by atoms with van der Waals surface area (Å²) in [5, 5.41) is 0. The van der Waals surface area contributed by atoms with Crippen molar-refractivity contribution in [1.82, 2.24) is 9.55 Å². The van der Waals surface area contributed by atoms with Gasteiger partial charge in [0.15, 0.2) is 0 Å². The molecule has 2 aromatic carbocycles. The number of fused-ring (bicyclic) bond motifs is 1. The summed E-state index contributed by atoms with van der Waals surface area (Å²) in [5.74, 6) is -0.917.